The van der Waals surface area contributed by atoms with Crippen LogP contribution in [0.25, 0.3) is 0 Å². The zero-order valence-corrected chi connectivity index (χ0v) is 17.2. The van der Waals surface area contributed by atoms with Crippen LogP contribution in [0.2, 0.25) is 0 Å². The zero-order chi connectivity index (χ0) is 22.2. The summed E-state index contributed by atoms with van der Waals surface area (Å²) in [6.45, 7) is 5.18. The summed E-state index contributed by atoms with van der Waals surface area (Å²) in [5.41, 5.74) is -2.67. The monoisotopic (exact) mass is 405 g/mol. The van der Waals surface area contributed by atoms with E-state index in [2.05, 4.69) is 11.4 Å². The lowest BCUT2D eigenvalue weighted by atomic mass is 9.52. The van der Waals surface area contributed by atoms with E-state index in [0.29, 0.717) is 30.5 Å². The molecule has 30 heavy (non-hydrogen) atoms. The number of ether oxygens (including phenoxy) is 2. The summed E-state index contributed by atoms with van der Waals surface area (Å²) in [4.78, 5) is 11.3. The second kappa shape index (κ2) is 7.44. The van der Waals surface area contributed by atoms with Crippen molar-refractivity contribution in [2.75, 3.05) is 5.32 Å². The highest BCUT2D eigenvalue weighted by molar-refractivity contribution is 5.89. The quantitative estimate of drug-likeness (QED) is 0.763. The molecule has 1 aromatic rings. The number of nitriles is 3. The molecule has 2 aliphatic rings. The number of carbonyl (C=O) groups excluding carboxylic acids is 1. The number of nitrogens with zero attached hydrogens (tertiary/aromatic N) is 3. The molecular weight excluding hydrogens is 382 g/mol. The third-order valence-corrected chi connectivity index (χ3v) is 6.09. The molecule has 2 aliphatic heterocycles. The predicted molar refractivity (Wildman–Crippen MR) is 107 cm³/mol. The maximum Gasteiger partial charge on any atom is 0.221 e. The molecule has 1 aromatic carbocycles. The summed E-state index contributed by atoms with van der Waals surface area (Å²) in [5, 5.41) is 41.8. The van der Waals surface area contributed by atoms with Gasteiger partial charge in [0.05, 0.1) is 24.1 Å². The van der Waals surface area contributed by atoms with Crippen LogP contribution in [-0.4, -0.2) is 17.6 Å². The summed E-state index contributed by atoms with van der Waals surface area (Å²) in [5.74, 6) is -2.49. The Bertz CT molecular complexity index is 986. The van der Waals surface area contributed by atoms with Crippen molar-refractivity contribution in [2.24, 2.45) is 16.7 Å². The third-order valence-electron chi connectivity index (χ3n) is 6.09. The number of hydrogen-bond acceptors (Lipinski definition) is 7. The lowest BCUT2D eigenvalue weighted by Crippen LogP contribution is -2.59. The Morgan fingerprint density at radius 2 is 1.80 bits per heavy atom. The molecule has 0 aliphatic carbocycles. The zero-order valence-electron chi connectivity index (χ0n) is 17.2. The van der Waals surface area contributed by atoms with Gasteiger partial charge in [0.2, 0.25) is 23.0 Å². The molecule has 2 saturated heterocycles. The first-order valence-electron chi connectivity index (χ1n) is 9.88. The van der Waals surface area contributed by atoms with E-state index in [-0.39, 0.29) is 11.8 Å². The van der Waals surface area contributed by atoms with E-state index < -0.39 is 28.6 Å². The molecule has 0 aromatic heterocycles. The van der Waals surface area contributed by atoms with Gasteiger partial charge in [-0.1, -0.05) is 26.0 Å². The number of nitrogens with one attached hydrogen (secondary N) is 2. The van der Waals surface area contributed by atoms with Gasteiger partial charge in [-0.05, 0) is 30.5 Å². The molecule has 4 atom stereocenters. The van der Waals surface area contributed by atoms with Gasteiger partial charge in [-0.25, -0.2) is 0 Å². The van der Waals surface area contributed by atoms with Crippen molar-refractivity contribution < 1.29 is 14.3 Å². The van der Waals surface area contributed by atoms with E-state index in [9.17, 15) is 20.6 Å². The molecule has 3 rings (SSSR count). The molecule has 4 unspecified atom stereocenters. The first-order chi connectivity index (χ1) is 14.3. The number of fused-ring (bicyclic) bond motifs is 2. The molecule has 0 radical (unpaired) electrons. The van der Waals surface area contributed by atoms with Crippen molar-refractivity contribution in [1.29, 1.82) is 21.2 Å². The van der Waals surface area contributed by atoms with Crippen LogP contribution in [0.1, 0.15) is 51.7 Å². The number of amides is 1. The largest absolute Gasteiger partial charge is 0.447 e. The molecular formula is C22H23N5O3. The van der Waals surface area contributed by atoms with E-state index in [1.54, 1.807) is 24.3 Å². The molecule has 154 valence electrons. The SMILES string of the molecule is CCCC12OC(=N)C(C#N)(C1CC)C(C#N)(C#N)C(c1ccc(NC(C)=O)cc1)O2. The third kappa shape index (κ3) is 2.60. The minimum absolute atomic E-state index is 0.226. The molecule has 0 spiro atoms. The molecule has 0 saturated carbocycles. The minimum Gasteiger partial charge on any atom is -0.447 e. The van der Waals surface area contributed by atoms with Crippen LogP contribution in [0.3, 0.4) is 0 Å². The highest BCUT2D eigenvalue weighted by atomic mass is 16.7. The van der Waals surface area contributed by atoms with Gasteiger partial charge < -0.3 is 14.8 Å². The average molecular weight is 405 g/mol. The number of rotatable bonds is 5. The molecule has 2 fully saturated rings. The Balaban J connectivity index is 2.23. The number of carbonyl (C=O) groups is 1. The smallest absolute Gasteiger partial charge is 0.221 e. The fourth-order valence-corrected chi connectivity index (χ4v) is 4.92. The van der Waals surface area contributed by atoms with Gasteiger partial charge in [0.15, 0.2) is 5.41 Å². The van der Waals surface area contributed by atoms with Crippen LogP contribution in [0.15, 0.2) is 24.3 Å². The highest BCUT2D eigenvalue weighted by Gasteiger charge is 2.79. The van der Waals surface area contributed by atoms with Crippen molar-refractivity contribution in [1.82, 2.24) is 0 Å². The van der Waals surface area contributed by atoms with Crippen LogP contribution in [0.5, 0.6) is 0 Å². The van der Waals surface area contributed by atoms with Crippen LogP contribution in [0, 0.1) is 56.2 Å². The van der Waals surface area contributed by atoms with Crippen LogP contribution >= 0.6 is 0 Å². The van der Waals surface area contributed by atoms with Crippen molar-refractivity contribution in [2.45, 2.75) is 51.9 Å². The van der Waals surface area contributed by atoms with Gasteiger partial charge in [-0.2, -0.15) is 15.8 Å². The summed E-state index contributed by atoms with van der Waals surface area (Å²) < 4.78 is 12.2. The number of benzene rings is 1. The highest BCUT2D eigenvalue weighted by Crippen LogP contribution is 2.68. The second-order valence-corrected chi connectivity index (χ2v) is 7.71. The molecule has 1 amide bonds. The Morgan fingerprint density at radius 1 is 1.17 bits per heavy atom. The lowest BCUT2D eigenvalue weighted by Gasteiger charge is -2.49. The first-order valence-corrected chi connectivity index (χ1v) is 9.88. The van der Waals surface area contributed by atoms with Crippen LogP contribution in [-0.2, 0) is 14.3 Å². The predicted octanol–water partition coefficient (Wildman–Crippen LogP) is 3.79. The fraction of sp³-hybridized carbons (Fsp3) is 0.500. The van der Waals surface area contributed by atoms with Crippen LogP contribution in [0.4, 0.5) is 5.69 Å². The second-order valence-electron chi connectivity index (χ2n) is 7.71. The van der Waals surface area contributed by atoms with Gasteiger partial charge >= 0.3 is 0 Å². The Hall–Kier alpha value is -3.41. The van der Waals surface area contributed by atoms with Gasteiger partial charge in [-0.3, -0.25) is 10.2 Å². The summed E-state index contributed by atoms with van der Waals surface area (Å²) in [6.07, 6.45) is 0.404. The summed E-state index contributed by atoms with van der Waals surface area (Å²) in [7, 11) is 0. The Kier molecular flexibility index (Phi) is 5.29. The maximum absolute atomic E-state index is 11.3. The standard InChI is InChI=1S/C22H23N5O3/c1-4-10-22-17(5-2)21(13-25,19(26)30-22)20(11-23,12-24)18(29-22)15-6-8-16(9-7-15)27-14(3)28/h6-9,17-18,26H,4-5,10H2,1-3H3,(H,27,28). The van der Waals surface area contributed by atoms with Gasteiger partial charge in [-0.15, -0.1) is 0 Å². The lowest BCUT2D eigenvalue weighted by molar-refractivity contribution is -0.286. The van der Waals surface area contributed by atoms with Crippen molar-refractivity contribution >= 4 is 17.5 Å². The van der Waals surface area contributed by atoms with Gasteiger partial charge in [0.1, 0.15) is 6.10 Å². The van der Waals surface area contributed by atoms with Crippen molar-refractivity contribution in [3.63, 3.8) is 0 Å². The molecule has 2 heterocycles. The Labute approximate surface area is 175 Å². The first kappa shape index (κ1) is 21.3. The molecule has 8 heteroatoms. The van der Waals surface area contributed by atoms with Crippen LogP contribution < -0.4 is 5.32 Å². The number of anilines is 1. The maximum atomic E-state index is 11.3. The molecule has 8 nitrogen and oxygen atoms in total. The molecule has 2 bridgehead atoms. The Morgan fingerprint density at radius 3 is 2.27 bits per heavy atom. The van der Waals surface area contributed by atoms with E-state index in [1.165, 1.54) is 6.92 Å². The van der Waals surface area contributed by atoms with E-state index >= 15 is 0 Å². The average Bonchev–Trinajstić information content (AvgIpc) is 2.91. The normalized spacial score (nSPS) is 31.0. The summed E-state index contributed by atoms with van der Waals surface area (Å²) >= 11 is 0. The number of hydrogen-bond donors (Lipinski definition) is 2. The minimum atomic E-state index is -1.97. The topological polar surface area (TPSA) is 143 Å². The van der Waals surface area contributed by atoms with E-state index in [1.807, 2.05) is 26.0 Å². The van der Waals surface area contributed by atoms with Gasteiger partial charge in [0, 0.05) is 19.0 Å². The fourth-order valence-electron chi connectivity index (χ4n) is 4.92. The molecule has 2 N–H and O–H groups in total. The van der Waals surface area contributed by atoms with Crippen molar-refractivity contribution in [3.05, 3.63) is 29.8 Å². The van der Waals surface area contributed by atoms with E-state index in [4.69, 9.17) is 14.9 Å². The van der Waals surface area contributed by atoms with E-state index in [0.717, 1.165) is 0 Å². The van der Waals surface area contributed by atoms with Gasteiger partial charge in [0.25, 0.3) is 0 Å². The summed E-state index contributed by atoms with van der Waals surface area (Å²) in [6, 6.07) is 12.8. The van der Waals surface area contributed by atoms with Crippen molar-refractivity contribution in [3.8, 4) is 18.2 Å².